The molecule has 0 saturated heterocycles. The number of nitrogens with one attached hydrogen (secondary N) is 2. The summed E-state index contributed by atoms with van der Waals surface area (Å²) in [7, 11) is 0. The Morgan fingerprint density at radius 1 is 1.06 bits per heavy atom. The second-order valence-electron chi connectivity index (χ2n) is 4.24. The lowest BCUT2D eigenvalue weighted by molar-refractivity contribution is 0.222. The fourth-order valence-corrected chi connectivity index (χ4v) is 1.31. The Labute approximate surface area is 109 Å². The molecule has 0 fully saturated rings. The largest absolute Gasteiger partial charge is 0.461 e. The topological polar surface area (TPSA) is 72.0 Å². The van der Waals surface area contributed by atoms with Gasteiger partial charge in [-0.1, -0.05) is 13.3 Å². The van der Waals surface area contributed by atoms with E-state index in [4.69, 9.17) is 4.74 Å². The first kappa shape index (κ1) is 14.5. The maximum atomic E-state index is 5.51. The Kier molecular flexibility index (Phi) is 6.18. The molecule has 18 heavy (non-hydrogen) atoms. The molecule has 1 aromatic rings. The summed E-state index contributed by atoms with van der Waals surface area (Å²) >= 11 is 0. The van der Waals surface area contributed by atoms with Crippen molar-refractivity contribution >= 4 is 11.9 Å². The van der Waals surface area contributed by atoms with Crippen molar-refractivity contribution in [2.45, 2.75) is 46.6 Å². The number of hydrogen-bond donors (Lipinski definition) is 2. The highest BCUT2D eigenvalue weighted by Crippen LogP contribution is 2.12. The van der Waals surface area contributed by atoms with E-state index in [9.17, 15) is 0 Å². The zero-order valence-electron chi connectivity index (χ0n) is 11.7. The third-order valence-corrected chi connectivity index (χ3v) is 2.10. The van der Waals surface area contributed by atoms with E-state index < -0.39 is 0 Å². The Hall–Kier alpha value is -1.59. The molecule has 0 aliphatic heterocycles. The highest BCUT2D eigenvalue weighted by atomic mass is 16.5. The summed E-state index contributed by atoms with van der Waals surface area (Å²) in [6.45, 7) is 9.65. The number of unbranched alkanes of at least 4 members (excludes halogenated alkanes) is 1. The van der Waals surface area contributed by atoms with Gasteiger partial charge in [-0.3, -0.25) is 0 Å². The van der Waals surface area contributed by atoms with Gasteiger partial charge in [0, 0.05) is 13.1 Å². The zero-order valence-corrected chi connectivity index (χ0v) is 11.7. The van der Waals surface area contributed by atoms with Gasteiger partial charge in [0.25, 0.3) is 0 Å². The van der Waals surface area contributed by atoms with Crippen LogP contribution in [0.3, 0.4) is 0 Å². The molecule has 0 amide bonds. The van der Waals surface area contributed by atoms with E-state index in [-0.39, 0.29) is 6.10 Å². The molecule has 6 heteroatoms. The van der Waals surface area contributed by atoms with Crippen molar-refractivity contribution < 1.29 is 4.74 Å². The van der Waals surface area contributed by atoms with Gasteiger partial charge in [-0.25, -0.2) is 0 Å². The summed E-state index contributed by atoms with van der Waals surface area (Å²) in [5.74, 6) is 1.10. The average molecular weight is 253 g/mol. The molecular weight excluding hydrogens is 230 g/mol. The molecule has 6 nitrogen and oxygen atoms in total. The average Bonchev–Trinajstić information content (AvgIpc) is 2.28. The Morgan fingerprint density at radius 3 is 2.28 bits per heavy atom. The molecule has 0 unspecified atom stereocenters. The van der Waals surface area contributed by atoms with Crippen LogP contribution < -0.4 is 15.4 Å². The minimum Gasteiger partial charge on any atom is -0.461 e. The van der Waals surface area contributed by atoms with Crippen molar-refractivity contribution in [2.24, 2.45) is 0 Å². The minimum atomic E-state index is 0.0466. The molecule has 0 aromatic carbocycles. The van der Waals surface area contributed by atoms with Gasteiger partial charge in [-0.15, -0.1) is 0 Å². The molecule has 1 rings (SSSR count). The lowest BCUT2D eigenvalue weighted by atomic mass is 10.3. The molecule has 0 spiro atoms. The molecule has 0 aliphatic rings. The number of rotatable bonds is 8. The van der Waals surface area contributed by atoms with Crippen LogP contribution in [0.1, 0.15) is 40.5 Å². The summed E-state index contributed by atoms with van der Waals surface area (Å²) in [6.07, 6.45) is 2.26. The summed E-state index contributed by atoms with van der Waals surface area (Å²) in [6, 6.07) is 0.356. The van der Waals surface area contributed by atoms with Gasteiger partial charge in [-0.2, -0.15) is 15.0 Å². The summed E-state index contributed by atoms with van der Waals surface area (Å²) < 4.78 is 5.51. The van der Waals surface area contributed by atoms with E-state index >= 15 is 0 Å². The lowest BCUT2D eigenvalue weighted by Crippen LogP contribution is -2.14. The van der Waals surface area contributed by atoms with Crippen LogP contribution in [0.15, 0.2) is 0 Å². The van der Waals surface area contributed by atoms with Crippen LogP contribution in [-0.4, -0.2) is 34.1 Å². The number of ether oxygens (including phenoxy) is 1. The minimum absolute atomic E-state index is 0.0466. The van der Waals surface area contributed by atoms with Crippen molar-refractivity contribution in [1.29, 1.82) is 0 Å². The number of aromatic nitrogens is 3. The van der Waals surface area contributed by atoms with Crippen LogP contribution in [0.25, 0.3) is 0 Å². The first-order valence-corrected chi connectivity index (χ1v) is 6.56. The van der Waals surface area contributed by atoms with Crippen molar-refractivity contribution in [2.75, 3.05) is 23.7 Å². The van der Waals surface area contributed by atoms with Crippen LogP contribution in [0, 0.1) is 0 Å². The van der Waals surface area contributed by atoms with E-state index in [1.807, 2.05) is 20.8 Å². The Bertz CT molecular complexity index is 356. The smallest absolute Gasteiger partial charge is 0.323 e. The van der Waals surface area contributed by atoms with Gasteiger partial charge in [0.2, 0.25) is 11.9 Å². The van der Waals surface area contributed by atoms with Crippen LogP contribution in [0.2, 0.25) is 0 Å². The van der Waals surface area contributed by atoms with Gasteiger partial charge in [0.15, 0.2) is 0 Å². The molecule has 0 saturated carbocycles. The first-order chi connectivity index (χ1) is 8.65. The van der Waals surface area contributed by atoms with E-state index in [0.717, 1.165) is 25.9 Å². The molecule has 0 bridgehead atoms. The van der Waals surface area contributed by atoms with Gasteiger partial charge < -0.3 is 15.4 Å². The molecule has 1 aromatic heterocycles. The monoisotopic (exact) mass is 253 g/mol. The van der Waals surface area contributed by atoms with Crippen molar-refractivity contribution in [3.8, 4) is 6.01 Å². The second kappa shape index (κ2) is 7.68. The SMILES string of the molecule is CCCCNc1nc(NCC)nc(OC(C)C)n1. The van der Waals surface area contributed by atoms with Gasteiger partial charge >= 0.3 is 6.01 Å². The third kappa shape index (κ3) is 5.16. The molecule has 0 aliphatic carbocycles. The van der Waals surface area contributed by atoms with Gasteiger partial charge in [-0.05, 0) is 27.2 Å². The van der Waals surface area contributed by atoms with Crippen molar-refractivity contribution in [1.82, 2.24) is 15.0 Å². The fraction of sp³-hybridized carbons (Fsp3) is 0.750. The van der Waals surface area contributed by atoms with Gasteiger partial charge in [0.1, 0.15) is 0 Å². The van der Waals surface area contributed by atoms with Crippen molar-refractivity contribution in [3.63, 3.8) is 0 Å². The molecule has 0 atom stereocenters. The Balaban J connectivity index is 2.77. The van der Waals surface area contributed by atoms with Gasteiger partial charge in [0.05, 0.1) is 6.10 Å². The molecule has 2 N–H and O–H groups in total. The van der Waals surface area contributed by atoms with Crippen LogP contribution in [0.4, 0.5) is 11.9 Å². The van der Waals surface area contributed by atoms with Crippen LogP contribution in [0.5, 0.6) is 6.01 Å². The van der Waals surface area contributed by atoms with E-state index in [1.54, 1.807) is 0 Å². The van der Waals surface area contributed by atoms with E-state index in [2.05, 4.69) is 32.5 Å². The van der Waals surface area contributed by atoms with Crippen LogP contribution in [-0.2, 0) is 0 Å². The summed E-state index contributed by atoms with van der Waals surface area (Å²) in [5, 5.41) is 6.25. The number of hydrogen-bond acceptors (Lipinski definition) is 6. The Morgan fingerprint density at radius 2 is 1.72 bits per heavy atom. The maximum absolute atomic E-state index is 5.51. The lowest BCUT2D eigenvalue weighted by Gasteiger charge is -2.11. The maximum Gasteiger partial charge on any atom is 0.323 e. The molecule has 0 radical (unpaired) electrons. The zero-order chi connectivity index (χ0) is 13.4. The highest BCUT2D eigenvalue weighted by Gasteiger charge is 2.08. The molecule has 102 valence electrons. The normalized spacial score (nSPS) is 10.5. The number of nitrogens with zero attached hydrogens (tertiary/aromatic N) is 3. The van der Waals surface area contributed by atoms with E-state index in [0.29, 0.717) is 17.9 Å². The first-order valence-electron chi connectivity index (χ1n) is 6.56. The second-order valence-corrected chi connectivity index (χ2v) is 4.24. The summed E-state index contributed by atoms with van der Waals surface area (Å²) in [4.78, 5) is 12.7. The quantitative estimate of drug-likeness (QED) is 0.693. The fourth-order valence-electron chi connectivity index (χ4n) is 1.31. The third-order valence-electron chi connectivity index (χ3n) is 2.10. The molecule has 1 heterocycles. The van der Waals surface area contributed by atoms with Crippen molar-refractivity contribution in [3.05, 3.63) is 0 Å². The van der Waals surface area contributed by atoms with Crippen LogP contribution >= 0.6 is 0 Å². The van der Waals surface area contributed by atoms with E-state index in [1.165, 1.54) is 0 Å². The standard InChI is InChI=1S/C12H23N5O/c1-5-7-8-14-11-15-10(13-6-2)16-12(17-11)18-9(3)4/h9H,5-8H2,1-4H3,(H2,13,14,15,16,17). The summed E-state index contributed by atoms with van der Waals surface area (Å²) in [5.41, 5.74) is 0. The predicted octanol–water partition coefficient (Wildman–Crippen LogP) is 2.30. The molecular formula is C12H23N5O. The predicted molar refractivity (Wildman–Crippen MR) is 73.2 cm³/mol. The number of anilines is 2. The highest BCUT2D eigenvalue weighted by molar-refractivity contribution is 5.35.